The Hall–Kier alpha value is -3.36. The predicted molar refractivity (Wildman–Crippen MR) is 111 cm³/mol. The number of rotatable bonds is 9. The highest BCUT2D eigenvalue weighted by molar-refractivity contribution is 5.74. The zero-order chi connectivity index (χ0) is 21.5. The molecule has 9 nitrogen and oxygen atoms in total. The van der Waals surface area contributed by atoms with Crippen LogP contribution in [0, 0.1) is 0 Å². The highest BCUT2D eigenvalue weighted by atomic mass is 16.5. The van der Waals surface area contributed by atoms with E-state index in [1.807, 2.05) is 55.9 Å². The highest BCUT2D eigenvalue weighted by Crippen LogP contribution is 2.24. The summed E-state index contributed by atoms with van der Waals surface area (Å²) in [5.41, 5.74) is 0.880. The fraction of sp³-hybridized carbons (Fsp3) is 0.429. The van der Waals surface area contributed by atoms with Crippen LogP contribution in [0.3, 0.4) is 0 Å². The van der Waals surface area contributed by atoms with Crippen LogP contribution in [-0.2, 0) is 13.5 Å². The van der Waals surface area contributed by atoms with E-state index in [9.17, 15) is 4.79 Å². The minimum Gasteiger partial charge on any atom is -0.497 e. The van der Waals surface area contributed by atoms with E-state index in [2.05, 4.69) is 25.8 Å². The molecule has 1 unspecified atom stereocenters. The van der Waals surface area contributed by atoms with Crippen LogP contribution in [0.5, 0.6) is 5.75 Å². The smallest absolute Gasteiger partial charge is 0.315 e. The third kappa shape index (κ3) is 5.37. The molecular weight excluding hydrogens is 384 g/mol. The topological polar surface area (TPSA) is 107 Å². The first-order chi connectivity index (χ1) is 14.5. The number of hydrogen-bond acceptors (Lipinski definition) is 6. The zero-order valence-electron chi connectivity index (χ0n) is 17.8. The number of aromatic nitrogens is 4. The number of methoxy groups -OCH3 is 1. The Balaban J connectivity index is 1.58. The molecule has 2 heterocycles. The van der Waals surface area contributed by atoms with Crippen molar-refractivity contribution in [2.24, 2.45) is 7.05 Å². The molecule has 0 saturated heterocycles. The van der Waals surface area contributed by atoms with E-state index in [-0.39, 0.29) is 11.9 Å². The Morgan fingerprint density at radius 3 is 2.83 bits per heavy atom. The maximum Gasteiger partial charge on any atom is 0.315 e. The molecule has 9 heteroatoms. The third-order valence-corrected chi connectivity index (χ3v) is 4.67. The van der Waals surface area contributed by atoms with Gasteiger partial charge < -0.3 is 24.5 Å². The van der Waals surface area contributed by atoms with Crippen LogP contribution in [0.1, 0.15) is 55.3 Å². The van der Waals surface area contributed by atoms with Crippen molar-refractivity contribution in [2.45, 2.75) is 38.6 Å². The van der Waals surface area contributed by atoms with Crippen LogP contribution in [0.4, 0.5) is 4.79 Å². The number of amides is 2. The van der Waals surface area contributed by atoms with Gasteiger partial charge in [-0.1, -0.05) is 31.1 Å². The van der Waals surface area contributed by atoms with Crippen molar-refractivity contribution in [1.29, 1.82) is 0 Å². The van der Waals surface area contributed by atoms with Gasteiger partial charge in [0.05, 0.1) is 7.11 Å². The number of nitrogens with zero attached hydrogens (tertiary/aromatic N) is 4. The average molecular weight is 412 g/mol. The number of urea groups is 1. The zero-order valence-corrected chi connectivity index (χ0v) is 17.8. The van der Waals surface area contributed by atoms with Crippen molar-refractivity contribution in [3.63, 3.8) is 0 Å². The van der Waals surface area contributed by atoms with E-state index < -0.39 is 6.04 Å². The highest BCUT2D eigenvalue weighted by Gasteiger charge is 2.21. The number of imidazole rings is 1. The fourth-order valence-electron chi connectivity index (χ4n) is 3.00. The van der Waals surface area contributed by atoms with Crippen molar-refractivity contribution in [3.05, 3.63) is 59.8 Å². The summed E-state index contributed by atoms with van der Waals surface area (Å²) in [5, 5.41) is 9.84. The van der Waals surface area contributed by atoms with Crippen molar-refractivity contribution < 1.29 is 14.1 Å². The summed E-state index contributed by atoms with van der Waals surface area (Å²) in [5.74, 6) is 2.96. The average Bonchev–Trinajstić information content (AvgIpc) is 3.38. The number of carbonyl (C=O) groups is 1. The van der Waals surface area contributed by atoms with Gasteiger partial charge in [0.2, 0.25) is 5.89 Å². The first kappa shape index (κ1) is 21.4. The maximum absolute atomic E-state index is 12.6. The third-order valence-electron chi connectivity index (χ3n) is 4.67. The van der Waals surface area contributed by atoms with Gasteiger partial charge in [0.1, 0.15) is 17.6 Å². The van der Waals surface area contributed by atoms with Crippen LogP contribution in [-0.4, -0.2) is 39.4 Å². The quantitative estimate of drug-likeness (QED) is 0.523. The molecule has 0 aliphatic heterocycles. The van der Waals surface area contributed by atoms with Gasteiger partial charge in [-0.3, -0.25) is 0 Å². The van der Waals surface area contributed by atoms with Gasteiger partial charge in [0, 0.05) is 38.3 Å². The van der Waals surface area contributed by atoms with E-state index in [0.29, 0.717) is 36.9 Å². The van der Waals surface area contributed by atoms with Crippen LogP contribution < -0.4 is 15.4 Å². The molecule has 0 fully saturated rings. The molecule has 1 aromatic carbocycles. The molecule has 0 saturated carbocycles. The van der Waals surface area contributed by atoms with Gasteiger partial charge in [-0.25, -0.2) is 9.78 Å². The second-order valence-corrected chi connectivity index (χ2v) is 7.31. The molecule has 2 N–H and O–H groups in total. The van der Waals surface area contributed by atoms with Crippen molar-refractivity contribution in [1.82, 2.24) is 30.3 Å². The molecular formula is C21H28N6O3. The monoisotopic (exact) mass is 412 g/mol. The molecule has 0 aliphatic carbocycles. The van der Waals surface area contributed by atoms with E-state index >= 15 is 0 Å². The molecule has 1 atom stereocenters. The van der Waals surface area contributed by atoms with E-state index in [4.69, 9.17) is 9.26 Å². The van der Waals surface area contributed by atoms with Gasteiger partial charge in [0.15, 0.2) is 5.82 Å². The minimum absolute atomic E-state index is 0.228. The maximum atomic E-state index is 12.6. The van der Waals surface area contributed by atoms with Crippen molar-refractivity contribution in [2.75, 3.05) is 13.7 Å². The van der Waals surface area contributed by atoms with E-state index in [0.717, 1.165) is 11.4 Å². The molecule has 30 heavy (non-hydrogen) atoms. The lowest BCUT2D eigenvalue weighted by Crippen LogP contribution is -2.39. The molecule has 0 radical (unpaired) electrons. The van der Waals surface area contributed by atoms with Gasteiger partial charge in [-0.05, 0) is 24.1 Å². The number of nitrogens with one attached hydrogen (secondary N) is 2. The standard InChI is InChI=1S/C21H28N6O3/c1-14(2)19-24-17(30-26-19)9-6-10-23-21(28)25-18(20-22-11-12-27(20)3)15-7-5-8-16(13-15)29-4/h5,7-8,11-14,18H,6,9-10H2,1-4H3,(H2,23,25,28). The summed E-state index contributed by atoms with van der Waals surface area (Å²) in [6.45, 7) is 4.51. The SMILES string of the molecule is COc1cccc(C(NC(=O)NCCCc2nc(C(C)C)no2)c2nccn2C)c1. The van der Waals surface area contributed by atoms with Gasteiger partial charge in [-0.2, -0.15) is 4.98 Å². The first-order valence-electron chi connectivity index (χ1n) is 9.96. The second-order valence-electron chi connectivity index (χ2n) is 7.31. The number of ether oxygens (including phenoxy) is 1. The number of benzene rings is 1. The van der Waals surface area contributed by atoms with E-state index in [1.165, 1.54) is 0 Å². The molecule has 3 aromatic rings. The van der Waals surface area contributed by atoms with Crippen LogP contribution >= 0.6 is 0 Å². The number of carbonyl (C=O) groups excluding carboxylic acids is 1. The van der Waals surface area contributed by atoms with Crippen LogP contribution in [0.2, 0.25) is 0 Å². The lowest BCUT2D eigenvalue weighted by Gasteiger charge is -2.20. The normalized spacial score (nSPS) is 12.0. The van der Waals surface area contributed by atoms with Gasteiger partial charge in [0.25, 0.3) is 0 Å². The largest absolute Gasteiger partial charge is 0.497 e. The summed E-state index contributed by atoms with van der Waals surface area (Å²) in [6, 6.07) is 6.88. The summed E-state index contributed by atoms with van der Waals surface area (Å²) in [7, 11) is 3.51. The molecule has 0 spiro atoms. The lowest BCUT2D eigenvalue weighted by atomic mass is 10.1. The number of hydrogen-bond donors (Lipinski definition) is 2. The Morgan fingerprint density at radius 1 is 1.33 bits per heavy atom. The minimum atomic E-state index is -0.412. The van der Waals surface area contributed by atoms with Crippen molar-refractivity contribution in [3.8, 4) is 5.75 Å². The summed E-state index contributed by atoms with van der Waals surface area (Å²) in [4.78, 5) is 21.3. The molecule has 160 valence electrons. The molecule has 3 rings (SSSR count). The molecule has 0 bridgehead atoms. The summed E-state index contributed by atoms with van der Waals surface area (Å²) < 4.78 is 12.4. The molecule has 2 aromatic heterocycles. The van der Waals surface area contributed by atoms with Gasteiger partial charge >= 0.3 is 6.03 Å². The van der Waals surface area contributed by atoms with Gasteiger partial charge in [-0.15, -0.1) is 0 Å². The summed E-state index contributed by atoms with van der Waals surface area (Å²) in [6.07, 6.45) is 4.86. The Labute approximate surface area is 175 Å². The van der Waals surface area contributed by atoms with E-state index in [1.54, 1.807) is 13.3 Å². The fourth-order valence-corrected chi connectivity index (χ4v) is 3.00. The lowest BCUT2D eigenvalue weighted by molar-refractivity contribution is 0.238. The molecule has 0 aliphatic rings. The Bertz CT molecular complexity index is 965. The predicted octanol–water partition coefficient (Wildman–Crippen LogP) is 2.96. The van der Waals surface area contributed by atoms with Crippen molar-refractivity contribution >= 4 is 6.03 Å². The second kappa shape index (κ2) is 9.91. The van der Waals surface area contributed by atoms with Crippen LogP contribution in [0.15, 0.2) is 41.2 Å². The Kier molecular flexibility index (Phi) is 7.05. The molecule has 2 amide bonds. The summed E-state index contributed by atoms with van der Waals surface area (Å²) >= 11 is 0. The Morgan fingerprint density at radius 2 is 2.17 bits per heavy atom. The number of aryl methyl sites for hydroxylation is 2. The first-order valence-corrected chi connectivity index (χ1v) is 9.96. The van der Waals surface area contributed by atoms with Crippen LogP contribution in [0.25, 0.3) is 0 Å².